The maximum absolute atomic E-state index is 4.83. The van der Waals surface area contributed by atoms with E-state index in [2.05, 4.69) is 40.3 Å². The fraction of sp³-hybridized carbons (Fsp3) is 0.611. The molecule has 144 valence electrons. The Balaban J connectivity index is 0.00000243. The summed E-state index contributed by atoms with van der Waals surface area (Å²) < 4.78 is 1.88. The lowest BCUT2D eigenvalue weighted by molar-refractivity contribution is 0.460. The fourth-order valence-electron chi connectivity index (χ4n) is 3.30. The van der Waals surface area contributed by atoms with E-state index < -0.39 is 0 Å². The summed E-state index contributed by atoms with van der Waals surface area (Å²) >= 11 is 1.77. The molecule has 26 heavy (non-hydrogen) atoms. The second kappa shape index (κ2) is 10.2. The highest BCUT2D eigenvalue weighted by Gasteiger charge is 2.25. The van der Waals surface area contributed by atoms with Crippen molar-refractivity contribution in [2.45, 2.75) is 33.1 Å². The van der Waals surface area contributed by atoms with Crippen LogP contribution in [0.4, 0.5) is 0 Å². The highest BCUT2D eigenvalue weighted by molar-refractivity contribution is 14.0. The van der Waals surface area contributed by atoms with Gasteiger partial charge in [0.05, 0.1) is 11.2 Å². The van der Waals surface area contributed by atoms with Crippen LogP contribution in [-0.2, 0) is 19.9 Å². The smallest absolute Gasteiger partial charge is 0.193 e. The van der Waals surface area contributed by atoms with E-state index in [1.54, 1.807) is 11.3 Å². The van der Waals surface area contributed by atoms with Gasteiger partial charge in [0.25, 0.3) is 0 Å². The number of hydrogen-bond donors (Lipinski definition) is 1. The largest absolute Gasteiger partial charge is 0.357 e. The number of rotatable bonds is 6. The number of thiazole rings is 1. The van der Waals surface area contributed by atoms with Crippen molar-refractivity contribution in [3.63, 3.8) is 0 Å². The normalized spacial score (nSPS) is 17.4. The van der Waals surface area contributed by atoms with Gasteiger partial charge in [0.2, 0.25) is 0 Å². The van der Waals surface area contributed by atoms with Crippen LogP contribution in [0.25, 0.3) is 0 Å². The molecule has 0 aliphatic carbocycles. The molecule has 1 aliphatic rings. The molecule has 1 fully saturated rings. The predicted octanol–water partition coefficient (Wildman–Crippen LogP) is 2.88. The van der Waals surface area contributed by atoms with E-state index in [4.69, 9.17) is 4.99 Å². The molecule has 1 unspecified atom stereocenters. The van der Waals surface area contributed by atoms with Gasteiger partial charge in [-0.25, -0.2) is 4.98 Å². The third kappa shape index (κ3) is 5.94. The molecule has 2 aromatic rings. The van der Waals surface area contributed by atoms with Crippen molar-refractivity contribution in [2.75, 3.05) is 26.2 Å². The standard InChI is InChI=1S/C18H28N6S.HI/c1-4-19-18(20-7-5-17-21-10-14(2)25-17)24-8-6-15(13-24)9-16-11-22-23(3)12-16;/h10-12,15H,4-9,13H2,1-3H3,(H,19,20);1H. The zero-order valence-corrected chi connectivity index (χ0v) is 19.0. The lowest BCUT2D eigenvalue weighted by Crippen LogP contribution is -2.40. The van der Waals surface area contributed by atoms with Gasteiger partial charge in [-0.2, -0.15) is 5.10 Å². The summed E-state index contributed by atoms with van der Waals surface area (Å²) in [5, 5.41) is 8.90. The van der Waals surface area contributed by atoms with E-state index in [0.717, 1.165) is 45.0 Å². The zero-order valence-electron chi connectivity index (χ0n) is 15.8. The molecule has 0 aromatic carbocycles. The van der Waals surface area contributed by atoms with Crippen LogP contribution in [0.2, 0.25) is 0 Å². The van der Waals surface area contributed by atoms with E-state index >= 15 is 0 Å². The molecule has 0 bridgehead atoms. The van der Waals surface area contributed by atoms with Gasteiger partial charge in [0, 0.05) is 56.9 Å². The summed E-state index contributed by atoms with van der Waals surface area (Å²) in [6, 6.07) is 0. The molecule has 6 nitrogen and oxygen atoms in total. The van der Waals surface area contributed by atoms with E-state index in [9.17, 15) is 0 Å². The van der Waals surface area contributed by atoms with Crippen molar-refractivity contribution in [3.05, 3.63) is 34.0 Å². The molecule has 2 aromatic heterocycles. The highest BCUT2D eigenvalue weighted by Crippen LogP contribution is 2.21. The first-order chi connectivity index (χ1) is 12.1. The summed E-state index contributed by atoms with van der Waals surface area (Å²) in [6.45, 7) is 8.06. The number of guanidine groups is 1. The van der Waals surface area contributed by atoms with Gasteiger partial charge in [0.15, 0.2) is 5.96 Å². The van der Waals surface area contributed by atoms with Crippen molar-refractivity contribution in [1.82, 2.24) is 25.0 Å². The molecule has 1 atom stereocenters. The summed E-state index contributed by atoms with van der Waals surface area (Å²) in [5.74, 6) is 1.72. The number of halogens is 1. The van der Waals surface area contributed by atoms with Gasteiger partial charge in [-0.3, -0.25) is 9.67 Å². The van der Waals surface area contributed by atoms with Crippen molar-refractivity contribution >= 4 is 41.3 Å². The molecule has 3 heterocycles. The third-order valence-electron chi connectivity index (χ3n) is 4.46. The van der Waals surface area contributed by atoms with Crippen LogP contribution in [0.15, 0.2) is 23.6 Å². The minimum atomic E-state index is 0. The average Bonchev–Trinajstić information content (AvgIpc) is 3.30. The lowest BCUT2D eigenvalue weighted by atomic mass is 10.0. The van der Waals surface area contributed by atoms with Gasteiger partial charge in [-0.05, 0) is 38.2 Å². The Morgan fingerprint density at radius 3 is 2.92 bits per heavy atom. The van der Waals surface area contributed by atoms with Crippen LogP contribution in [-0.4, -0.2) is 51.8 Å². The summed E-state index contributed by atoms with van der Waals surface area (Å²) in [6.07, 6.45) is 9.28. The topological polar surface area (TPSA) is 58.3 Å². The second-order valence-corrected chi connectivity index (χ2v) is 8.00. The van der Waals surface area contributed by atoms with Gasteiger partial charge >= 0.3 is 0 Å². The Bertz CT molecular complexity index is 710. The summed E-state index contributed by atoms with van der Waals surface area (Å²) in [5.41, 5.74) is 1.33. The number of nitrogens with one attached hydrogen (secondary N) is 1. The lowest BCUT2D eigenvalue weighted by Gasteiger charge is -2.21. The predicted molar refractivity (Wildman–Crippen MR) is 119 cm³/mol. The molecule has 8 heteroatoms. The maximum Gasteiger partial charge on any atom is 0.193 e. The van der Waals surface area contributed by atoms with Crippen molar-refractivity contribution in [1.29, 1.82) is 0 Å². The number of nitrogens with zero attached hydrogens (tertiary/aromatic N) is 5. The van der Waals surface area contributed by atoms with E-state index in [1.165, 1.54) is 21.9 Å². The molecule has 1 saturated heterocycles. The van der Waals surface area contributed by atoms with Gasteiger partial charge in [-0.15, -0.1) is 35.3 Å². The van der Waals surface area contributed by atoms with Crippen molar-refractivity contribution < 1.29 is 0 Å². The number of aliphatic imine (C=N–C) groups is 1. The maximum atomic E-state index is 4.83. The molecule has 0 radical (unpaired) electrons. The molecule has 0 spiro atoms. The Kier molecular flexibility index (Phi) is 8.33. The first-order valence-corrected chi connectivity index (χ1v) is 9.87. The van der Waals surface area contributed by atoms with Crippen LogP contribution in [0.3, 0.4) is 0 Å². The highest BCUT2D eigenvalue weighted by atomic mass is 127. The quantitative estimate of drug-likeness (QED) is 0.386. The minimum Gasteiger partial charge on any atom is -0.357 e. The number of hydrogen-bond acceptors (Lipinski definition) is 4. The molecule has 1 N–H and O–H groups in total. The Morgan fingerprint density at radius 1 is 1.42 bits per heavy atom. The van der Waals surface area contributed by atoms with E-state index in [0.29, 0.717) is 5.92 Å². The Morgan fingerprint density at radius 2 is 2.27 bits per heavy atom. The van der Waals surface area contributed by atoms with Gasteiger partial charge < -0.3 is 10.2 Å². The van der Waals surface area contributed by atoms with Crippen molar-refractivity contribution in [2.24, 2.45) is 18.0 Å². The zero-order chi connectivity index (χ0) is 17.6. The van der Waals surface area contributed by atoms with Crippen LogP contribution in [0.1, 0.15) is 28.8 Å². The fourth-order valence-corrected chi connectivity index (χ4v) is 4.08. The van der Waals surface area contributed by atoms with Crippen LogP contribution in [0, 0.1) is 12.8 Å². The minimum absolute atomic E-state index is 0. The van der Waals surface area contributed by atoms with Crippen LogP contribution in [0.5, 0.6) is 0 Å². The molecular formula is C18H29IN6S. The van der Waals surface area contributed by atoms with Gasteiger partial charge in [-0.1, -0.05) is 0 Å². The summed E-state index contributed by atoms with van der Waals surface area (Å²) in [7, 11) is 1.98. The third-order valence-corrected chi connectivity index (χ3v) is 5.43. The van der Waals surface area contributed by atoms with Crippen molar-refractivity contribution in [3.8, 4) is 0 Å². The van der Waals surface area contributed by atoms with Crippen LogP contribution >= 0.6 is 35.3 Å². The SMILES string of the molecule is CCNC(=NCCc1ncc(C)s1)N1CCC(Cc2cnn(C)c2)C1.I. The Labute approximate surface area is 177 Å². The van der Waals surface area contributed by atoms with Crippen LogP contribution < -0.4 is 5.32 Å². The summed E-state index contributed by atoms with van der Waals surface area (Å²) in [4.78, 5) is 12.9. The monoisotopic (exact) mass is 488 g/mol. The molecule has 0 saturated carbocycles. The van der Waals surface area contributed by atoms with Gasteiger partial charge in [0.1, 0.15) is 0 Å². The number of aromatic nitrogens is 3. The van der Waals surface area contributed by atoms with E-state index in [1.807, 2.05) is 24.1 Å². The molecule has 3 rings (SSSR count). The molecule has 1 aliphatic heterocycles. The first-order valence-electron chi connectivity index (χ1n) is 9.06. The average molecular weight is 488 g/mol. The second-order valence-electron chi connectivity index (χ2n) is 6.68. The Hall–Kier alpha value is -1.16. The molecule has 0 amide bonds. The van der Waals surface area contributed by atoms with E-state index in [-0.39, 0.29) is 24.0 Å². The first kappa shape index (κ1) is 21.1. The number of aryl methyl sites for hydroxylation is 2. The number of likely N-dealkylation sites (tertiary alicyclic amines) is 1. The molecular weight excluding hydrogens is 459 g/mol.